The molecule has 1 aromatic carbocycles. The highest BCUT2D eigenvalue weighted by molar-refractivity contribution is 5.87. The Morgan fingerprint density at radius 1 is 1.29 bits per heavy atom. The Morgan fingerprint density at radius 2 is 2.00 bits per heavy atom. The lowest BCUT2D eigenvalue weighted by molar-refractivity contribution is -0.136. The van der Waals surface area contributed by atoms with Crippen LogP contribution in [0, 0.1) is 0 Å². The summed E-state index contributed by atoms with van der Waals surface area (Å²) in [6, 6.07) is 8.25. The molecule has 1 heterocycles. The molecule has 1 fully saturated rings. The van der Waals surface area contributed by atoms with E-state index in [0.29, 0.717) is 19.0 Å². The van der Waals surface area contributed by atoms with Crippen LogP contribution in [-0.4, -0.2) is 42.4 Å². The molecule has 0 aromatic heterocycles. The van der Waals surface area contributed by atoms with Gasteiger partial charge in [-0.25, -0.2) is 0 Å². The minimum Gasteiger partial charge on any atom is -0.352 e. The summed E-state index contributed by atoms with van der Waals surface area (Å²) in [4.78, 5) is 25.7. The maximum Gasteiger partial charge on any atom is 0.240 e. The Morgan fingerprint density at radius 3 is 2.71 bits per heavy atom. The van der Waals surface area contributed by atoms with Gasteiger partial charge in [0.15, 0.2) is 0 Å². The molecule has 2 aliphatic rings. The number of hydrogen-bond donors (Lipinski definition) is 2. The lowest BCUT2D eigenvalue weighted by atomic mass is 9.95. The van der Waals surface area contributed by atoms with Crippen molar-refractivity contribution in [2.75, 3.05) is 13.6 Å². The van der Waals surface area contributed by atoms with Crippen molar-refractivity contribution in [3.63, 3.8) is 0 Å². The largest absolute Gasteiger partial charge is 0.352 e. The molecule has 1 aromatic rings. The Bertz CT molecular complexity index is 554. The Kier molecular flexibility index (Phi) is 3.92. The second-order valence-electron chi connectivity index (χ2n) is 5.94. The number of carbonyl (C=O) groups excluding carboxylic acids is 2. The molecule has 0 radical (unpaired) electrons. The molecule has 5 heteroatoms. The molecule has 0 unspecified atom stereocenters. The topological polar surface area (TPSA) is 61.4 Å². The van der Waals surface area contributed by atoms with E-state index in [0.717, 1.165) is 12.8 Å². The van der Waals surface area contributed by atoms with Crippen molar-refractivity contribution in [3.05, 3.63) is 35.4 Å². The van der Waals surface area contributed by atoms with Crippen LogP contribution >= 0.6 is 0 Å². The van der Waals surface area contributed by atoms with Gasteiger partial charge < -0.3 is 15.5 Å². The Balaban J connectivity index is 1.56. The van der Waals surface area contributed by atoms with Gasteiger partial charge in [0.05, 0.1) is 12.6 Å². The van der Waals surface area contributed by atoms with Gasteiger partial charge in [0.25, 0.3) is 0 Å². The van der Waals surface area contributed by atoms with Crippen molar-refractivity contribution >= 4 is 11.8 Å². The summed E-state index contributed by atoms with van der Waals surface area (Å²) in [5.74, 6) is -0.0833. The quantitative estimate of drug-likeness (QED) is 0.844. The number of carbonyl (C=O) groups is 2. The number of nitrogens with zero attached hydrogens (tertiary/aromatic N) is 1. The van der Waals surface area contributed by atoms with Crippen LogP contribution in [0.25, 0.3) is 0 Å². The molecular weight excluding hydrogens is 266 g/mol. The van der Waals surface area contributed by atoms with E-state index < -0.39 is 0 Å². The smallest absolute Gasteiger partial charge is 0.240 e. The van der Waals surface area contributed by atoms with Crippen LogP contribution in [0.2, 0.25) is 0 Å². The first-order valence-electron chi connectivity index (χ1n) is 7.48. The van der Waals surface area contributed by atoms with E-state index in [4.69, 9.17) is 0 Å². The number of amides is 2. The average molecular weight is 287 g/mol. The van der Waals surface area contributed by atoms with Crippen LogP contribution in [0.5, 0.6) is 0 Å². The fraction of sp³-hybridized carbons (Fsp3) is 0.500. The summed E-state index contributed by atoms with van der Waals surface area (Å²) >= 11 is 0. The standard InChI is InChI=1S/C16H21N3O2/c1-19(10-15(20)18-13-6-7-13)16(21)14-8-11-4-2-3-5-12(11)9-17-14/h2-5,13-14,17H,6-10H2,1H3,(H,18,20)/t14-/m0/s1. The first-order chi connectivity index (χ1) is 10.1. The van der Waals surface area contributed by atoms with Crippen molar-refractivity contribution in [1.29, 1.82) is 0 Å². The van der Waals surface area contributed by atoms with Gasteiger partial charge >= 0.3 is 0 Å². The summed E-state index contributed by atoms with van der Waals surface area (Å²) < 4.78 is 0. The van der Waals surface area contributed by atoms with E-state index in [2.05, 4.69) is 22.8 Å². The van der Waals surface area contributed by atoms with E-state index in [-0.39, 0.29) is 24.4 Å². The first-order valence-corrected chi connectivity index (χ1v) is 7.48. The molecule has 0 saturated heterocycles. The second-order valence-corrected chi connectivity index (χ2v) is 5.94. The highest BCUT2D eigenvalue weighted by Crippen LogP contribution is 2.19. The highest BCUT2D eigenvalue weighted by Gasteiger charge is 2.28. The van der Waals surface area contributed by atoms with E-state index >= 15 is 0 Å². The lowest BCUT2D eigenvalue weighted by Gasteiger charge is -2.28. The van der Waals surface area contributed by atoms with Crippen LogP contribution < -0.4 is 10.6 Å². The summed E-state index contributed by atoms with van der Waals surface area (Å²) in [7, 11) is 1.69. The minimum atomic E-state index is -0.237. The van der Waals surface area contributed by atoms with Crippen molar-refractivity contribution in [1.82, 2.24) is 15.5 Å². The molecule has 1 saturated carbocycles. The molecule has 1 atom stereocenters. The Hall–Kier alpha value is -1.88. The number of fused-ring (bicyclic) bond motifs is 1. The molecule has 0 spiro atoms. The van der Waals surface area contributed by atoms with Gasteiger partial charge in [-0.1, -0.05) is 24.3 Å². The first kappa shape index (κ1) is 14.1. The number of hydrogen-bond acceptors (Lipinski definition) is 3. The molecule has 112 valence electrons. The van der Waals surface area contributed by atoms with Gasteiger partial charge in [0.1, 0.15) is 0 Å². The Labute approximate surface area is 124 Å². The number of likely N-dealkylation sites (N-methyl/N-ethyl adjacent to an activating group) is 1. The summed E-state index contributed by atoms with van der Waals surface area (Å²) in [6.07, 6.45) is 2.80. The molecule has 3 rings (SSSR count). The van der Waals surface area contributed by atoms with Crippen LogP contribution in [0.15, 0.2) is 24.3 Å². The van der Waals surface area contributed by atoms with Crippen LogP contribution in [0.3, 0.4) is 0 Å². The predicted octanol–water partition coefficient (Wildman–Crippen LogP) is 0.438. The van der Waals surface area contributed by atoms with E-state index in [9.17, 15) is 9.59 Å². The van der Waals surface area contributed by atoms with E-state index in [1.165, 1.54) is 16.0 Å². The second kappa shape index (κ2) is 5.85. The molecule has 1 aliphatic carbocycles. The number of benzene rings is 1. The average Bonchev–Trinajstić information content (AvgIpc) is 3.29. The monoisotopic (exact) mass is 287 g/mol. The molecular formula is C16H21N3O2. The van der Waals surface area contributed by atoms with Gasteiger partial charge in [0.2, 0.25) is 11.8 Å². The van der Waals surface area contributed by atoms with Crippen molar-refractivity contribution in [2.24, 2.45) is 0 Å². The maximum absolute atomic E-state index is 12.4. The van der Waals surface area contributed by atoms with E-state index in [1.54, 1.807) is 7.05 Å². The molecule has 21 heavy (non-hydrogen) atoms. The van der Waals surface area contributed by atoms with Crippen molar-refractivity contribution < 1.29 is 9.59 Å². The van der Waals surface area contributed by atoms with Crippen molar-refractivity contribution in [3.8, 4) is 0 Å². The zero-order valence-corrected chi connectivity index (χ0v) is 12.3. The van der Waals surface area contributed by atoms with Gasteiger partial charge in [-0.2, -0.15) is 0 Å². The molecule has 5 nitrogen and oxygen atoms in total. The SMILES string of the molecule is CN(CC(=O)NC1CC1)C(=O)[C@@H]1Cc2ccccc2CN1. The highest BCUT2D eigenvalue weighted by atomic mass is 16.2. The minimum absolute atomic E-state index is 0.0181. The fourth-order valence-electron chi connectivity index (χ4n) is 2.69. The fourth-order valence-corrected chi connectivity index (χ4v) is 2.69. The molecule has 2 amide bonds. The van der Waals surface area contributed by atoms with E-state index in [1.807, 2.05) is 12.1 Å². The zero-order valence-electron chi connectivity index (χ0n) is 12.3. The third kappa shape index (κ3) is 3.42. The van der Waals surface area contributed by atoms with Gasteiger partial charge in [-0.15, -0.1) is 0 Å². The molecule has 2 N–H and O–H groups in total. The van der Waals surface area contributed by atoms with Crippen LogP contribution in [-0.2, 0) is 22.6 Å². The maximum atomic E-state index is 12.4. The third-order valence-electron chi connectivity index (χ3n) is 4.08. The predicted molar refractivity (Wildman–Crippen MR) is 79.6 cm³/mol. The van der Waals surface area contributed by atoms with Gasteiger partial charge in [-0.3, -0.25) is 9.59 Å². The van der Waals surface area contributed by atoms with Crippen molar-refractivity contribution in [2.45, 2.75) is 37.9 Å². The molecule has 1 aliphatic heterocycles. The number of nitrogens with one attached hydrogen (secondary N) is 2. The van der Waals surface area contributed by atoms with Crippen LogP contribution in [0.1, 0.15) is 24.0 Å². The third-order valence-corrected chi connectivity index (χ3v) is 4.08. The summed E-state index contributed by atoms with van der Waals surface area (Å²) in [5, 5.41) is 6.16. The normalized spacial score (nSPS) is 20.5. The zero-order chi connectivity index (χ0) is 14.8. The summed E-state index contributed by atoms with van der Waals surface area (Å²) in [6.45, 7) is 0.837. The lowest BCUT2D eigenvalue weighted by Crippen LogP contribution is -2.50. The van der Waals surface area contributed by atoms with Gasteiger partial charge in [-0.05, 0) is 30.4 Å². The molecule has 0 bridgehead atoms. The number of rotatable bonds is 4. The van der Waals surface area contributed by atoms with Crippen LogP contribution in [0.4, 0.5) is 0 Å². The van der Waals surface area contributed by atoms with Gasteiger partial charge in [0, 0.05) is 19.6 Å². The summed E-state index contributed by atoms with van der Waals surface area (Å²) in [5.41, 5.74) is 2.46.